The van der Waals surface area contributed by atoms with E-state index in [0.717, 1.165) is 12.5 Å². The smallest absolute Gasteiger partial charge is 0.0491 e. The number of likely N-dealkylation sites (tertiary alicyclic amines) is 1. The number of rotatable bonds is 5. The molecule has 3 nitrogen and oxygen atoms in total. The van der Waals surface area contributed by atoms with Crippen LogP contribution in [0.2, 0.25) is 0 Å². The second-order valence-electron chi connectivity index (χ2n) is 4.39. The molecule has 84 valence electrons. The minimum atomic E-state index is 0.606. The molecule has 3 heteroatoms. The van der Waals surface area contributed by atoms with Crippen LogP contribution in [0, 0.1) is 5.92 Å². The van der Waals surface area contributed by atoms with Crippen LogP contribution < -0.4 is 5.32 Å². The lowest BCUT2D eigenvalue weighted by Gasteiger charge is -2.33. The van der Waals surface area contributed by atoms with Crippen molar-refractivity contribution in [2.45, 2.75) is 25.8 Å². The lowest BCUT2D eigenvalue weighted by atomic mass is 9.97. The van der Waals surface area contributed by atoms with Gasteiger partial charge in [0.2, 0.25) is 0 Å². The van der Waals surface area contributed by atoms with E-state index < -0.39 is 0 Å². The minimum absolute atomic E-state index is 0.606. The van der Waals surface area contributed by atoms with Crippen molar-refractivity contribution in [2.75, 3.05) is 40.4 Å². The number of nitrogens with one attached hydrogen (secondary N) is 1. The third-order valence-electron chi connectivity index (χ3n) is 3.13. The first-order valence-corrected chi connectivity index (χ1v) is 5.64. The summed E-state index contributed by atoms with van der Waals surface area (Å²) in [6, 6.07) is 0.606. The van der Waals surface area contributed by atoms with Crippen LogP contribution in [0.15, 0.2) is 0 Å². The lowest BCUT2D eigenvalue weighted by molar-refractivity contribution is 0.0965. The van der Waals surface area contributed by atoms with Gasteiger partial charge in [-0.05, 0) is 45.8 Å². The van der Waals surface area contributed by atoms with Crippen LogP contribution in [0.25, 0.3) is 0 Å². The quantitative estimate of drug-likeness (QED) is 0.715. The number of nitrogens with zero attached hydrogens (tertiary/aromatic N) is 1. The molecular formula is C11H24N2O. The molecule has 0 aromatic heterocycles. The predicted molar refractivity (Wildman–Crippen MR) is 59.6 cm³/mol. The van der Waals surface area contributed by atoms with Crippen LogP contribution in [-0.2, 0) is 4.74 Å². The zero-order valence-corrected chi connectivity index (χ0v) is 9.75. The van der Waals surface area contributed by atoms with Gasteiger partial charge in [-0.1, -0.05) is 0 Å². The molecule has 0 saturated carbocycles. The SMILES string of the molecule is CNC(C)CN1CCC(COC)CC1. The topological polar surface area (TPSA) is 24.5 Å². The summed E-state index contributed by atoms with van der Waals surface area (Å²) in [6.07, 6.45) is 2.59. The molecule has 0 radical (unpaired) electrons. The molecule has 0 spiro atoms. The van der Waals surface area contributed by atoms with Gasteiger partial charge in [0.05, 0.1) is 0 Å². The number of methoxy groups -OCH3 is 1. The zero-order valence-electron chi connectivity index (χ0n) is 9.75. The van der Waals surface area contributed by atoms with Crippen LogP contribution in [-0.4, -0.2) is 51.3 Å². The van der Waals surface area contributed by atoms with Crippen LogP contribution in [0.3, 0.4) is 0 Å². The highest BCUT2D eigenvalue weighted by atomic mass is 16.5. The van der Waals surface area contributed by atoms with Crippen molar-refractivity contribution in [2.24, 2.45) is 5.92 Å². The van der Waals surface area contributed by atoms with Crippen molar-refractivity contribution in [3.63, 3.8) is 0 Å². The van der Waals surface area contributed by atoms with E-state index in [1.54, 1.807) is 7.11 Å². The van der Waals surface area contributed by atoms with E-state index in [1.807, 2.05) is 7.05 Å². The first-order valence-electron chi connectivity index (χ1n) is 5.64. The van der Waals surface area contributed by atoms with E-state index in [-0.39, 0.29) is 0 Å². The fraction of sp³-hybridized carbons (Fsp3) is 1.00. The van der Waals surface area contributed by atoms with E-state index in [0.29, 0.717) is 6.04 Å². The lowest BCUT2D eigenvalue weighted by Crippen LogP contribution is -2.42. The number of hydrogen-bond acceptors (Lipinski definition) is 3. The molecular weight excluding hydrogens is 176 g/mol. The van der Waals surface area contributed by atoms with Gasteiger partial charge < -0.3 is 15.0 Å². The summed E-state index contributed by atoms with van der Waals surface area (Å²) >= 11 is 0. The maximum atomic E-state index is 5.19. The van der Waals surface area contributed by atoms with Crippen molar-refractivity contribution in [3.8, 4) is 0 Å². The molecule has 1 saturated heterocycles. The van der Waals surface area contributed by atoms with Crippen molar-refractivity contribution < 1.29 is 4.74 Å². The average molecular weight is 200 g/mol. The predicted octanol–water partition coefficient (Wildman–Crippen LogP) is 0.953. The van der Waals surface area contributed by atoms with Gasteiger partial charge in [0.15, 0.2) is 0 Å². The second-order valence-corrected chi connectivity index (χ2v) is 4.39. The maximum absolute atomic E-state index is 5.19. The monoisotopic (exact) mass is 200 g/mol. The summed E-state index contributed by atoms with van der Waals surface area (Å²) < 4.78 is 5.19. The normalized spacial score (nSPS) is 22.5. The molecule has 1 N–H and O–H groups in total. The first kappa shape index (κ1) is 12.0. The summed E-state index contributed by atoms with van der Waals surface area (Å²) in [5, 5.41) is 3.28. The Morgan fingerprint density at radius 1 is 1.43 bits per heavy atom. The Morgan fingerprint density at radius 3 is 2.57 bits per heavy atom. The molecule has 0 aromatic rings. The van der Waals surface area contributed by atoms with E-state index in [2.05, 4.69) is 17.1 Å². The van der Waals surface area contributed by atoms with Crippen LogP contribution >= 0.6 is 0 Å². The Balaban J connectivity index is 2.15. The molecule has 1 aliphatic rings. The first-order chi connectivity index (χ1) is 6.76. The molecule has 0 amide bonds. The number of piperidine rings is 1. The van der Waals surface area contributed by atoms with E-state index >= 15 is 0 Å². The molecule has 0 bridgehead atoms. The van der Waals surface area contributed by atoms with Gasteiger partial charge >= 0.3 is 0 Å². The standard InChI is InChI=1S/C11H24N2O/c1-10(12-2)8-13-6-4-11(5-7-13)9-14-3/h10-12H,4-9H2,1-3H3. The van der Waals surface area contributed by atoms with Gasteiger partial charge in [-0.3, -0.25) is 0 Å². The number of hydrogen-bond donors (Lipinski definition) is 1. The highest BCUT2D eigenvalue weighted by Crippen LogP contribution is 2.17. The van der Waals surface area contributed by atoms with E-state index in [4.69, 9.17) is 4.74 Å². The van der Waals surface area contributed by atoms with Gasteiger partial charge in [0, 0.05) is 26.3 Å². The summed E-state index contributed by atoms with van der Waals surface area (Å²) in [5.74, 6) is 0.793. The van der Waals surface area contributed by atoms with Crippen molar-refractivity contribution in [1.29, 1.82) is 0 Å². The molecule has 1 heterocycles. The summed E-state index contributed by atoms with van der Waals surface area (Å²) in [7, 11) is 3.83. The zero-order chi connectivity index (χ0) is 10.4. The van der Waals surface area contributed by atoms with Crippen molar-refractivity contribution >= 4 is 0 Å². The molecule has 1 aliphatic heterocycles. The van der Waals surface area contributed by atoms with Crippen LogP contribution in [0.4, 0.5) is 0 Å². The van der Waals surface area contributed by atoms with E-state index in [9.17, 15) is 0 Å². The minimum Gasteiger partial charge on any atom is -0.384 e. The molecule has 1 fully saturated rings. The van der Waals surface area contributed by atoms with Gasteiger partial charge in [-0.25, -0.2) is 0 Å². The molecule has 14 heavy (non-hydrogen) atoms. The van der Waals surface area contributed by atoms with Gasteiger partial charge in [0.25, 0.3) is 0 Å². The third kappa shape index (κ3) is 3.95. The van der Waals surface area contributed by atoms with Crippen LogP contribution in [0.5, 0.6) is 0 Å². The highest BCUT2D eigenvalue weighted by molar-refractivity contribution is 4.74. The molecule has 0 aromatic carbocycles. The Morgan fingerprint density at radius 2 is 2.07 bits per heavy atom. The second kappa shape index (κ2) is 6.38. The fourth-order valence-corrected chi connectivity index (χ4v) is 2.05. The summed E-state index contributed by atoms with van der Waals surface area (Å²) in [6.45, 7) is 6.83. The molecule has 1 unspecified atom stereocenters. The Kier molecular flexibility index (Phi) is 5.45. The van der Waals surface area contributed by atoms with Crippen molar-refractivity contribution in [1.82, 2.24) is 10.2 Å². The Bertz CT molecular complexity index is 144. The molecule has 0 aliphatic carbocycles. The number of ether oxygens (including phenoxy) is 1. The summed E-state index contributed by atoms with van der Waals surface area (Å²) in [5.41, 5.74) is 0. The molecule has 1 atom stereocenters. The van der Waals surface area contributed by atoms with Gasteiger partial charge in [-0.2, -0.15) is 0 Å². The van der Waals surface area contributed by atoms with Crippen LogP contribution in [0.1, 0.15) is 19.8 Å². The van der Waals surface area contributed by atoms with Gasteiger partial charge in [-0.15, -0.1) is 0 Å². The van der Waals surface area contributed by atoms with Crippen molar-refractivity contribution in [3.05, 3.63) is 0 Å². The maximum Gasteiger partial charge on any atom is 0.0491 e. The number of likely N-dealkylation sites (N-methyl/N-ethyl adjacent to an activating group) is 1. The summed E-state index contributed by atoms with van der Waals surface area (Å²) in [4.78, 5) is 2.55. The van der Waals surface area contributed by atoms with E-state index in [1.165, 1.54) is 32.5 Å². The highest BCUT2D eigenvalue weighted by Gasteiger charge is 2.19. The average Bonchev–Trinajstić information content (AvgIpc) is 2.21. The third-order valence-corrected chi connectivity index (χ3v) is 3.13. The Hall–Kier alpha value is -0.120. The fourth-order valence-electron chi connectivity index (χ4n) is 2.05. The Labute approximate surface area is 87.8 Å². The van der Waals surface area contributed by atoms with Gasteiger partial charge in [0.1, 0.15) is 0 Å². The molecule has 1 rings (SSSR count). The largest absolute Gasteiger partial charge is 0.384 e.